The van der Waals surface area contributed by atoms with Crippen LogP contribution in [-0.2, 0) is 0 Å². The van der Waals surface area contributed by atoms with Crippen molar-refractivity contribution in [2.75, 3.05) is 4.90 Å². The van der Waals surface area contributed by atoms with Crippen molar-refractivity contribution in [2.45, 2.75) is 6.04 Å². The third-order valence-corrected chi connectivity index (χ3v) is 5.43. The van der Waals surface area contributed by atoms with Crippen LogP contribution in [0.1, 0.15) is 27.9 Å². The Hall–Kier alpha value is -3.03. The lowest BCUT2D eigenvalue weighted by molar-refractivity contribution is 0.0970. The van der Waals surface area contributed by atoms with Crippen molar-refractivity contribution in [3.05, 3.63) is 86.4 Å². The Kier molecular flexibility index (Phi) is 3.60. The van der Waals surface area contributed by atoms with E-state index in [9.17, 15) is 9.59 Å². The van der Waals surface area contributed by atoms with Gasteiger partial charge in [-0.1, -0.05) is 17.7 Å². The molecule has 0 N–H and O–H groups in total. The Morgan fingerprint density at radius 1 is 1.11 bits per heavy atom. The van der Waals surface area contributed by atoms with E-state index in [1.165, 1.54) is 16.2 Å². The van der Waals surface area contributed by atoms with Gasteiger partial charge >= 0.3 is 0 Å². The minimum atomic E-state index is -0.709. The summed E-state index contributed by atoms with van der Waals surface area (Å²) in [6.45, 7) is 0. The molecule has 8 heteroatoms. The van der Waals surface area contributed by atoms with Crippen LogP contribution in [0.15, 0.2) is 63.4 Å². The van der Waals surface area contributed by atoms with Crippen molar-refractivity contribution in [1.82, 2.24) is 9.97 Å². The minimum Gasteiger partial charge on any atom is -0.450 e. The molecule has 6 nitrogen and oxygen atoms in total. The fraction of sp³-hybridized carbons (Fsp3) is 0.0526. The van der Waals surface area contributed by atoms with Crippen LogP contribution in [0.4, 0.5) is 5.13 Å². The van der Waals surface area contributed by atoms with Crippen molar-refractivity contribution in [2.24, 2.45) is 0 Å². The highest BCUT2D eigenvalue weighted by molar-refractivity contribution is 7.13. The summed E-state index contributed by atoms with van der Waals surface area (Å²) in [6, 6.07) is 9.41. The fourth-order valence-electron chi connectivity index (χ4n) is 3.29. The topological polar surface area (TPSA) is 76.3 Å². The lowest BCUT2D eigenvalue weighted by atomic mass is 10.0. The number of hydrogen-bond donors (Lipinski definition) is 0. The Labute approximate surface area is 161 Å². The molecule has 0 bridgehead atoms. The number of anilines is 1. The molecule has 0 saturated carbocycles. The van der Waals surface area contributed by atoms with Gasteiger partial charge in [-0.15, -0.1) is 11.3 Å². The van der Waals surface area contributed by atoms with E-state index < -0.39 is 11.9 Å². The molecule has 0 aliphatic carbocycles. The van der Waals surface area contributed by atoms with E-state index in [1.807, 2.05) is 6.07 Å². The molecule has 1 aliphatic heterocycles. The number of carbonyl (C=O) groups excluding carboxylic acids is 1. The van der Waals surface area contributed by atoms with Crippen LogP contribution in [0.3, 0.4) is 0 Å². The molecule has 4 heterocycles. The maximum Gasteiger partial charge on any atom is 0.297 e. The first-order valence-corrected chi connectivity index (χ1v) is 9.31. The number of halogens is 1. The van der Waals surface area contributed by atoms with Crippen molar-refractivity contribution < 1.29 is 9.21 Å². The molecule has 1 amide bonds. The molecule has 1 aromatic carbocycles. The first-order valence-electron chi connectivity index (χ1n) is 8.05. The van der Waals surface area contributed by atoms with E-state index in [2.05, 4.69) is 9.97 Å². The van der Waals surface area contributed by atoms with Crippen LogP contribution < -0.4 is 10.3 Å². The van der Waals surface area contributed by atoms with Crippen LogP contribution in [-0.4, -0.2) is 15.9 Å². The molecule has 0 saturated heterocycles. The number of carbonyl (C=O) groups is 1. The van der Waals surface area contributed by atoms with Crippen LogP contribution in [0.2, 0.25) is 5.02 Å². The number of hydrogen-bond acceptors (Lipinski definition) is 6. The largest absolute Gasteiger partial charge is 0.450 e. The Balaban J connectivity index is 1.85. The third-order valence-electron chi connectivity index (χ3n) is 4.43. The van der Waals surface area contributed by atoms with Crippen LogP contribution in [0, 0.1) is 0 Å². The third kappa shape index (κ3) is 2.39. The Morgan fingerprint density at radius 2 is 2.00 bits per heavy atom. The molecule has 1 aliphatic rings. The zero-order chi connectivity index (χ0) is 18.5. The minimum absolute atomic E-state index is 0.0145. The van der Waals surface area contributed by atoms with Gasteiger partial charge in [-0.2, -0.15) is 0 Å². The average Bonchev–Trinajstić information content (AvgIpc) is 3.30. The SMILES string of the molecule is O=C1c2oc3ccc(Cl)cc3c(=O)c2[C@@H](c2ccccn2)N1c1nccs1. The van der Waals surface area contributed by atoms with Gasteiger partial charge in [0.1, 0.15) is 11.6 Å². The van der Waals surface area contributed by atoms with Gasteiger partial charge in [0.05, 0.1) is 16.6 Å². The zero-order valence-electron chi connectivity index (χ0n) is 13.6. The summed E-state index contributed by atoms with van der Waals surface area (Å²) in [5.41, 5.74) is 0.839. The number of rotatable bonds is 2. The smallest absolute Gasteiger partial charge is 0.297 e. The van der Waals surface area contributed by atoms with Gasteiger partial charge < -0.3 is 4.42 Å². The highest BCUT2D eigenvalue weighted by Gasteiger charge is 2.45. The lowest BCUT2D eigenvalue weighted by Crippen LogP contribution is -2.29. The summed E-state index contributed by atoms with van der Waals surface area (Å²) in [6.07, 6.45) is 3.23. The molecule has 27 heavy (non-hydrogen) atoms. The molecule has 0 spiro atoms. The molecular weight excluding hydrogens is 386 g/mol. The predicted octanol–water partition coefficient (Wildman–Crippen LogP) is 4.05. The summed E-state index contributed by atoms with van der Waals surface area (Å²) in [7, 11) is 0. The number of amides is 1. The molecule has 0 fully saturated rings. The van der Waals surface area contributed by atoms with Gasteiger partial charge in [0.15, 0.2) is 10.6 Å². The predicted molar refractivity (Wildman–Crippen MR) is 102 cm³/mol. The van der Waals surface area contributed by atoms with Crippen molar-refractivity contribution >= 4 is 44.9 Å². The zero-order valence-corrected chi connectivity index (χ0v) is 15.2. The Bertz CT molecular complexity index is 1240. The highest BCUT2D eigenvalue weighted by Crippen LogP contribution is 2.41. The normalized spacial score (nSPS) is 16.1. The summed E-state index contributed by atoms with van der Waals surface area (Å²) in [4.78, 5) is 36.5. The van der Waals surface area contributed by atoms with E-state index in [-0.39, 0.29) is 16.8 Å². The number of aromatic nitrogens is 2. The highest BCUT2D eigenvalue weighted by atomic mass is 35.5. The Morgan fingerprint density at radius 3 is 2.74 bits per heavy atom. The molecule has 5 rings (SSSR count). The monoisotopic (exact) mass is 395 g/mol. The lowest BCUT2D eigenvalue weighted by Gasteiger charge is -2.21. The van der Waals surface area contributed by atoms with Crippen LogP contribution in [0.5, 0.6) is 0 Å². The van der Waals surface area contributed by atoms with Crippen molar-refractivity contribution in [3.8, 4) is 0 Å². The summed E-state index contributed by atoms with van der Waals surface area (Å²) in [5, 5.41) is 3.00. The number of pyridine rings is 1. The van der Waals surface area contributed by atoms with Crippen LogP contribution in [0.25, 0.3) is 11.0 Å². The van der Waals surface area contributed by atoms with E-state index in [1.54, 1.807) is 48.1 Å². The quantitative estimate of drug-likeness (QED) is 0.511. The van der Waals surface area contributed by atoms with Gasteiger partial charge in [-0.25, -0.2) is 4.98 Å². The molecule has 4 aromatic rings. The number of benzene rings is 1. The molecule has 3 aromatic heterocycles. The fourth-order valence-corrected chi connectivity index (χ4v) is 4.13. The van der Waals surface area contributed by atoms with E-state index >= 15 is 0 Å². The van der Waals surface area contributed by atoms with Crippen LogP contribution >= 0.6 is 22.9 Å². The number of fused-ring (bicyclic) bond motifs is 2. The molecular formula is C19H10ClN3O3S. The van der Waals surface area contributed by atoms with Crippen molar-refractivity contribution in [1.29, 1.82) is 0 Å². The molecule has 1 atom stereocenters. The summed E-state index contributed by atoms with van der Waals surface area (Å²) >= 11 is 7.36. The first kappa shape index (κ1) is 16.2. The number of thiazole rings is 1. The molecule has 0 unspecified atom stereocenters. The van der Waals surface area contributed by atoms with Gasteiger partial charge in [0.2, 0.25) is 5.76 Å². The second kappa shape index (κ2) is 6.00. The van der Waals surface area contributed by atoms with Gasteiger partial charge in [0.25, 0.3) is 5.91 Å². The summed E-state index contributed by atoms with van der Waals surface area (Å²) < 4.78 is 5.83. The molecule has 132 valence electrons. The maximum absolute atomic E-state index is 13.3. The van der Waals surface area contributed by atoms with E-state index in [4.69, 9.17) is 16.0 Å². The van der Waals surface area contributed by atoms with Gasteiger partial charge in [0, 0.05) is 22.8 Å². The van der Waals surface area contributed by atoms with Gasteiger partial charge in [-0.3, -0.25) is 19.5 Å². The van der Waals surface area contributed by atoms with Crippen molar-refractivity contribution in [3.63, 3.8) is 0 Å². The maximum atomic E-state index is 13.3. The van der Waals surface area contributed by atoms with E-state index in [0.717, 1.165) is 0 Å². The standard InChI is InChI=1S/C19H10ClN3O3S/c20-10-4-5-13-11(9-10)16(24)14-15(12-3-1-2-6-21-12)23(18(25)17(14)26-13)19-22-7-8-27-19/h1-9,15H/t15-/m1/s1. The summed E-state index contributed by atoms with van der Waals surface area (Å²) in [5.74, 6) is -0.398. The second-order valence-electron chi connectivity index (χ2n) is 5.96. The number of nitrogens with zero attached hydrogens (tertiary/aromatic N) is 3. The first-order chi connectivity index (χ1) is 13.1. The van der Waals surface area contributed by atoms with Gasteiger partial charge in [-0.05, 0) is 30.3 Å². The second-order valence-corrected chi connectivity index (χ2v) is 7.27. The van der Waals surface area contributed by atoms with E-state index in [0.29, 0.717) is 26.8 Å². The average molecular weight is 396 g/mol. The molecule has 0 radical (unpaired) electrons.